The molecule has 41 heavy (non-hydrogen) atoms. The lowest BCUT2D eigenvalue weighted by Crippen LogP contribution is -2.14. The van der Waals surface area contributed by atoms with Gasteiger partial charge in [-0.1, -0.05) is 6.07 Å². The van der Waals surface area contributed by atoms with Crippen LogP contribution in [0, 0.1) is 6.92 Å². The first-order valence-electron chi connectivity index (χ1n) is 11.2. The Morgan fingerprint density at radius 3 is 2.02 bits per heavy atom. The minimum Gasteiger partial charge on any atom is -0.492 e. The molecular weight excluding hydrogens is 582 g/mol. The van der Waals surface area contributed by atoms with Gasteiger partial charge in [0.05, 0.1) is 43.7 Å². The van der Waals surface area contributed by atoms with Crippen LogP contribution in [-0.2, 0) is 20.1 Å². The minimum absolute atomic E-state index is 0.0439. The standard InChI is InChI=1S/C24H19N5O10S2/c1-13-21(22(30)29(27-13)18-5-7-19(8-6-18)41(37,38)39)26-25-16-3-2-4-20(12-16)40(35,36)28-17-10-14(23(31)32)9-15(11-17)24(33)34/h2-12,28,30H,1H3,(H,31,32)(H,33,34)(H,37,38,39)/b26-25+. The molecule has 0 bridgehead atoms. The Labute approximate surface area is 231 Å². The summed E-state index contributed by atoms with van der Waals surface area (Å²) in [4.78, 5) is 22.0. The van der Waals surface area contributed by atoms with E-state index in [1.165, 1.54) is 37.3 Å². The molecule has 0 fully saturated rings. The van der Waals surface area contributed by atoms with E-state index in [2.05, 4.69) is 20.0 Å². The van der Waals surface area contributed by atoms with Crippen LogP contribution in [0.3, 0.4) is 0 Å². The summed E-state index contributed by atoms with van der Waals surface area (Å²) in [5, 5.41) is 41.1. The zero-order valence-corrected chi connectivity index (χ0v) is 22.3. The van der Waals surface area contributed by atoms with Gasteiger partial charge in [-0.05, 0) is 67.6 Å². The van der Waals surface area contributed by atoms with Crippen molar-refractivity contribution in [3.63, 3.8) is 0 Å². The molecule has 0 atom stereocenters. The zero-order chi connectivity index (χ0) is 30.1. The third kappa shape index (κ3) is 6.38. The summed E-state index contributed by atoms with van der Waals surface area (Å²) >= 11 is 0. The van der Waals surface area contributed by atoms with Crippen molar-refractivity contribution >= 4 is 49.1 Å². The molecule has 0 radical (unpaired) electrons. The van der Waals surface area contributed by atoms with Crippen LogP contribution in [0.15, 0.2) is 86.7 Å². The number of hydrogen-bond donors (Lipinski definition) is 5. The highest BCUT2D eigenvalue weighted by molar-refractivity contribution is 7.92. The van der Waals surface area contributed by atoms with E-state index < -0.39 is 49.1 Å². The SMILES string of the molecule is Cc1nn(-c2ccc(S(=O)(=O)O)cc2)c(O)c1/N=N/c1cccc(S(=O)(=O)Nc2cc(C(=O)O)cc(C(=O)O)c2)c1. The van der Waals surface area contributed by atoms with Crippen LogP contribution in [-0.4, -0.2) is 58.4 Å². The van der Waals surface area contributed by atoms with Gasteiger partial charge in [0, 0.05) is 0 Å². The predicted octanol–water partition coefficient (Wildman–Crippen LogP) is 3.75. The molecule has 17 heteroatoms. The van der Waals surface area contributed by atoms with Crippen LogP contribution >= 0.6 is 0 Å². The summed E-state index contributed by atoms with van der Waals surface area (Å²) in [6.07, 6.45) is 0. The van der Waals surface area contributed by atoms with Gasteiger partial charge in [0.15, 0.2) is 5.69 Å². The van der Waals surface area contributed by atoms with Gasteiger partial charge in [-0.25, -0.2) is 18.0 Å². The summed E-state index contributed by atoms with van der Waals surface area (Å²) in [5.74, 6) is -3.36. The molecule has 212 valence electrons. The lowest BCUT2D eigenvalue weighted by atomic mass is 10.1. The van der Waals surface area contributed by atoms with Crippen LogP contribution in [0.1, 0.15) is 26.4 Å². The monoisotopic (exact) mass is 601 g/mol. The van der Waals surface area contributed by atoms with E-state index in [1.54, 1.807) is 0 Å². The molecule has 0 saturated carbocycles. The average Bonchev–Trinajstić information content (AvgIpc) is 3.19. The van der Waals surface area contributed by atoms with E-state index in [9.17, 15) is 41.7 Å². The van der Waals surface area contributed by atoms with Gasteiger partial charge in [-0.2, -0.15) is 23.3 Å². The summed E-state index contributed by atoms with van der Waals surface area (Å²) in [6, 6.07) is 12.8. The fourth-order valence-corrected chi connectivity index (χ4v) is 5.09. The second-order valence-corrected chi connectivity index (χ2v) is 11.5. The number of aryl methyl sites for hydroxylation is 1. The van der Waals surface area contributed by atoms with Crippen molar-refractivity contribution < 1.29 is 46.3 Å². The first kappa shape index (κ1) is 28.9. The molecule has 1 aromatic heterocycles. The van der Waals surface area contributed by atoms with Crippen molar-refractivity contribution in [3.05, 3.63) is 83.6 Å². The maximum atomic E-state index is 13.0. The number of benzene rings is 3. The van der Waals surface area contributed by atoms with E-state index in [0.29, 0.717) is 0 Å². The van der Waals surface area contributed by atoms with Crippen molar-refractivity contribution in [1.82, 2.24) is 9.78 Å². The second-order valence-electron chi connectivity index (χ2n) is 8.35. The molecule has 5 N–H and O–H groups in total. The Morgan fingerprint density at radius 1 is 0.854 bits per heavy atom. The molecule has 4 rings (SSSR count). The lowest BCUT2D eigenvalue weighted by Gasteiger charge is -2.10. The Balaban J connectivity index is 1.61. The Hall–Kier alpha value is -5.13. The van der Waals surface area contributed by atoms with E-state index in [-0.39, 0.29) is 38.2 Å². The maximum absolute atomic E-state index is 13.0. The molecule has 0 aliphatic rings. The number of nitrogens with one attached hydrogen (secondary N) is 1. The van der Waals surface area contributed by atoms with Gasteiger partial charge in [0.1, 0.15) is 0 Å². The van der Waals surface area contributed by atoms with Gasteiger partial charge in [0.25, 0.3) is 20.1 Å². The number of nitrogens with zero attached hydrogens (tertiary/aromatic N) is 4. The number of aromatic nitrogens is 2. The van der Waals surface area contributed by atoms with Crippen molar-refractivity contribution in [3.8, 4) is 11.6 Å². The number of aromatic hydroxyl groups is 1. The van der Waals surface area contributed by atoms with Crippen LogP contribution in [0.25, 0.3) is 5.69 Å². The Kier molecular flexibility index (Phi) is 7.60. The highest BCUT2D eigenvalue weighted by Crippen LogP contribution is 2.34. The molecule has 4 aromatic rings. The van der Waals surface area contributed by atoms with Crippen molar-refractivity contribution in [1.29, 1.82) is 0 Å². The molecule has 0 saturated heterocycles. The lowest BCUT2D eigenvalue weighted by molar-refractivity contribution is 0.0696. The van der Waals surface area contributed by atoms with Gasteiger partial charge in [-0.3, -0.25) is 9.27 Å². The second kappa shape index (κ2) is 10.8. The van der Waals surface area contributed by atoms with E-state index in [1.807, 2.05) is 0 Å². The van der Waals surface area contributed by atoms with E-state index in [0.717, 1.165) is 41.1 Å². The van der Waals surface area contributed by atoms with Crippen molar-refractivity contribution in [2.75, 3.05) is 4.72 Å². The van der Waals surface area contributed by atoms with Crippen molar-refractivity contribution in [2.24, 2.45) is 10.2 Å². The molecule has 3 aromatic carbocycles. The largest absolute Gasteiger partial charge is 0.492 e. The first-order valence-corrected chi connectivity index (χ1v) is 14.1. The summed E-state index contributed by atoms with van der Waals surface area (Å²) in [7, 11) is -8.75. The Bertz CT molecular complexity index is 1900. The number of carboxylic acids is 2. The number of azo groups is 1. The molecule has 1 heterocycles. The number of anilines is 1. The molecule has 0 amide bonds. The molecule has 0 spiro atoms. The zero-order valence-electron chi connectivity index (χ0n) is 20.7. The summed E-state index contributed by atoms with van der Waals surface area (Å²) < 4.78 is 60.7. The molecule has 0 aliphatic heterocycles. The minimum atomic E-state index is -4.42. The average molecular weight is 602 g/mol. The van der Waals surface area contributed by atoms with Crippen LogP contribution in [0.2, 0.25) is 0 Å². The molecule has 0 aliphatic carbocycles. The molecule has 0 unspecified atom stereocenters. The number of sulfonamides is 1. The number of carboxylic acid groups (broad SMARTS) is 2. The first-order chi connectivity index (χ1) is 19.2. The highest BCUT2D eigenvalue weighted by Gasteiger charge is 2.19. The third-order valence-corrected chi connectivity index (χ3v) is 7.70. The van der Waals surface area contributed by atoms with Crippen molar-refractivity contribution in [2.45, 2.75) is 16.7 Å². The third-order valence-electron chi connectivity index (χ3n) is 5.46. The Morgan fingerprint density at radius 2 is 1.46 bits per heavy atom. The number of carbonyl (C=O) groups is 2. The highest BCUT2D eigenvalue weighted by atomic mass is 32.2. The molecule has 15 nitrogen and oxygen atoms in total. The summed E-state index contributed by atoms with van der Waals surface area (Å²) in [6.45, 7) is 1.51. The van der Waals surface area contributed by atoms with E-state index in [4.69, 9.17) is 4.55 Å². The fraction of sp³-hybridized carbons (Fsp3) is 0.0417. The number of hydrogen-bond acceptors (Lipinski definition) is 10. The number of aromatic carboxylic acids is 2. The van der Waals surface area contributed by atoms with Crippen LogP contribution in [0.5, 0.6) is 5.88 Å². The quantitative estimate of drug-likeness (QED) is 0.137. The van der Waals surface area contributed by atoms with Crippen LogP contribution < -0.4 is 4.72 Å². The predicted molar refractivity (Wildman–Crippen MR) is 142 cm³/mol. The van der Waals surface area contributed by atoms with Gasteiger partial charge < -0.3 is 15.3 Å². The van der Waals surface area contributed by atoms with Crippen LogP contribution in [0.4, 0.5) is 17.1 Å². The van der Waals surface area contributed by atoms with Gasteiger partial charge in [0.2, 0.25) is 5.88 Å². The van der Waals surface area contributed by atoms with Gasteiger partial charge in [-0.15, -0.1) is 5.11 Å². The topological polar surface area (TPSA) is 238 Å². The fourth-order valence-electron chi connectivity index (χ4n) is 3.53. The summed E-state index contributed by atoms with van der Waals surface area (Å²) in [5.41, 5.74) is -0.707. The normalized spacial score (nSPS) is 12.0. The smallest absolute Gasteiger partial charge is 0.335 e. The number of rotatable bonds is 9. The molecular formula is C24H19N5O10S2. The van der Waals surface area contributed by atoms with E-state index >= 15 is 0 Å². The van der Waals surface area contributed by atoms with Gasteiger partial charge >= 0.3 is 11.9 Å². The maximum Gasteiger partial charge on any atom is 0.335 e.